The Morgan fingerprint density at radius 3 is 2.79 bits per heavy atom. The van der Waals surface area contributed by atoms with E-state index in [1.54, 1.807) is 12.1 Å². The zero-order valence-corrected chi connectivity index (χ0v) is 13.0. The van der Waals surface area contributed by atoms with Gasteiger partial charge in [-0.25, -0.2) is 4.98 Å². The average Bonchev–Trinajstić information content (AvgIpc) is 3.09. The standard InChI is InChI=1S/C18H15FN2O3/c1-12-5-7-13(8-6-12)18-20-15(11-24-18)10-23-16-4-2-3-14(9-16)17(22)21-19/h2-9,11H,10H2,1H3,(H,21,22). The molecule has 0 atom stereocenters. The monoisotopic (exact) mass is 326 g/mol. The highest BCUT2D eigenvalue weighted by atomic mass is 19.2. The van der Waals surface area contributed by atoms with E-state index >= 15 is 0 Å². The summed E-state index contributed by atoms with van der Waals surface area (Å²) in [5.41, 5.74) is 3.92. The number of aromatic nitrogens is 1. The van der Waals surface area contributed by atoms with Crippen LogP contribution in [-0.2, 0) is 6.61 Å². The van der Waals surface area contributed by atoms with Crippen LogP contribution >= 0.6 is 0 Å². The fraction of sp³-hybridized carbons (Fsp3) is 0.111. The fourth-order valence-electron chi connectivity index (χ4n) is 2.14. The first-order chi connectivity index (χ1) is 11.7. The molecule has 0 unspecified atom stereocenters. The highest BCUT2D eigenvalue weighted by Crippen LogP contribution is 2.20. The molecule has 0 fully saturated rings. The van der Waals surface area contributed by atoms with E-state index in [0.29, 0.717) is 17.3 Å². The molecule has 0 radical (unpaired) electrons. The van der Waals surface area contributed by atoms with Crippen molar-refractivity contribution in [3.05, 3.63) is 71.6 Å². The Morgan fingerprint density at radius 1 is 1.25 bits per heavy atom. The van der Waals surface area contributed by atoms with Gasteiger partial charge in [-0.2, -0.15) is 5.54 Å². The number of nitrogens with one attached hydrogen (secondary N) is 1. The van der Waals surface area contributed by atoms with Crippen LogP contribution < -0.4 is 10.3 Å². The van der Waals surface area contributed by atoms with Gasteiger partial charge in [-0.15, -0.1) is 0 Å². The van der Waals surface area contributed by atoms with Crippen molar-refractivity contribution in [1.29, 1.82) is 0 Å². The number of aryl methyl sites for hydroxylation is 1. The minimum absolute atomic E-state index is 0.176. The lowest BCUT2D eigenvalue weighted by Gasteiger charge is -2.05. The van der Waals surface area contributed by atoms with E-state index in [2.05, 4.69) is 4.98 Å². The number of carbonyl (C=O) groups excluding carboxylic acids is 1. The molecular weight excluding hydrogens is 311 g/mol. The number of carbonyl (C=O) groups is 1. The molecule has 0 aliphatic carbocycles. The molecule has 5 nitrogen and oxygen atoms in total. The first-order valence-corrected chi connectivity index (χ1v) is 7.31. The Labute approximate surface area is 138 Å². The van der Waals surface area contributed by atoms with Gasteiger partial charge in [0.1, 0.15) is 24.3 Å². The Bertz CT molecular complexity index is 843. The number of nitrogens with zero attached hydrogens (tertiary/aromatic N) is 1. The maximum atomic E-state index is 12.2. The van der Waals surface area contributed by atoms with Crippen LogP contribution in [0.5, 0.6) is 5.75 Å². The molecule has 0 saturated heterocycles. The molecule has 6 heteroatoms. The van der Waals surface area contributed by atoms with Gasteiger partial charge in [0.15, 0.2) is 0 Å². The van der Waals surface area contributed by atoms with Crippen molar-refractivity contribution in [2.75, 3.05) is 0 Å². The van der Waals surface area contributed by atoms with Crippen LogP contribution in [-0.4, -0.2) is 10.9 Å². The molecule has 1 amide bonds. The summed E-state index contributed by atoms with van der Waals surface area (Å²) in [6.45, 7) is 2.19. The normalized spacial score (nSPS) is 10.4. The minimum Gasteiger partial charge on any atom is -0.487 e. The second-order valence-electron chi connectivity index (χ2n) is 5.25. The fourth-order valence-corrected chi connectivity index (χ4v) is 2.14. The number of halogens is 1. The van der Waals surface area contributed by atoms with Crippen LogP contribution in [0.15, 0.2) is 59.2 Å². The highest BCUT2D eigenvalue weighted by Gasteiger charge is 2.09. The van der Waals surface area contributed by atoms with Crippen molar-refractivity contribution in [2.45, 2.75) is 13.5 Å². The molecule has 0 aliphatic heterocycles. The molecule has 2 aromatic carbocycles. The molecular formula is C18H15FN2O3. The van der Waals surface area contributed by atoms with E-state index in [0.717, 1.165) is 16.7 Å². The Balaban J connectivity index is 1.67. The quantitative estimate of drug-likeness (QED) is 0.724. The van der Waals surface area contributed by atoms with Crippen molar-refractivity contribution in [3.8, 4) is 17.2 Å². The topological polar surface area (TPSA) is 64.4 Å². The van der Waals surface area contributed by atoms with Crippen molar-refractivity contribution in [1.82, 2.24) is 10.5 Å². The maximum absolute atomic E-state index is 12.2. The summed E-state index contributed by atoms with van der Waals surface area (Å²) < 4.78 is 23.2. The third kappa shape index (κ3) is 3.60. The number of rotatable bonds is 5. The number of hydrogen-bond donors (Lipinski definition) is 1. The first kappa shape index (κ1) is 15.7. The molecule has 0 aliphatic rings. The second-order valence-corrected chi connectivity index (χ2v) is 5.25. The van der Waals surface area contributed by atoms with Gasteiger partial charge in [0.25, 0.3) is 5.91 Å². The smallest absolute Gasteiger partial charge is 0.279 e. The predicted octanol–water partition coefficient (Wildman–Crippen LogP) is 3.84. The van der Waals surface area contributed by atoms with Gasteiger partial charge >= 0.3 is 0 Å². The van der Waals surface area contributed by atoms with Gasteiger partial charge in [-0.05, 0) is 37.3 Å². The Kier molecular flexibility index (Phi) is 4.56. The molecule has 0 saturated carbocycles. The van der Waals surface area contributed by atoms with Gasteiger partial charge in [-0.3, -0.25) is 4.79 Å². The van der Waals surface area contributed by atoms with Gasteiger partial charge < -0.3 is 9.15 Å². The summed E-state index contributed by atoms with van der Waals surface area (Å²) >= 11 is 0. The summed E-state index contributed by atoms with van der Waals surface area (Å²) in [6.07, 6.45) is 1.52. The lowest BCUT2D eigenvalue weighted by molar-refractivity contribution is 0.0859. The second kappa shape index (κ2) is 6.95. The van der Waals surface area contributed by atoms with Gasteiger partial charge in [-0.1, -0.05) is 28.2 Å². The van der Waals surface area contributed by atoms with Crippen LogP contribution in [0, 0.1) is 6.92 Å². The number of amides is 1. The number of hydrogen-bond acceptors (Lipinski definition) is 4. The summed E-state index contributed by atoms with van der Waals surface area (Å²) in [7, 11) is 0. The summed E-state index contributed by atoms with van der Waals surface area (Å²) in [6, 6.07) is 14.1. The molecule has 122 valence electrons. The van der Waals surface area contributed by atoms with Crippen molar-refractivity contribution >= 4 is 5.91 Å². The molecule has 0 spiro atoms. The average molecular weight is 326 g/mol. The molecule has 3 rings (SSSR count). The minimum atomic E-state index is -0.816. The zero-order chi connectivity index (χ0) is 16.9. The van der Waals surface area contributed by atoms with Gasteiger partial charge in [0.2, 0.25) is 5.89 Å². The Hall–Kier alpha value is -3.15. The van der Waals surface area contributed by atoms with Crippen molar-refractivity contribution in [3.63, 3.8) is 0 Å². The summed E-state index contributed by atoms with van der Waals surface area (Å²) in [5, 5.41) is 0. The van der Waals surface area contributed by atoms with Gasteiger partial charge in [0, 0.05) is 11.1 Å². The van der Waals surface area contributed by atoms with E-state index in [1.165, 1.54) is 18.4 Å². The van der Waals surface area contributed by atoms with E-state index < -0.39 is 5.91 Å². The van der Waals surface area contributed by atoms with Crippen LogP contribution in [0.3, 0.4) is 0 Å². The Morgan fingerprint density at radius 2 is 2.04 bits per heavy atom. The zero-order valence-electron chi connectivity index (χ0n) is 13.0. The number of ether oxygens (including phenoxy) is 1. The largest absolute Gasteiger partial charge is 0.487 e. The SMILES string of the molecule is Cc1ccc(-c2nc(COc3cccc(C(=O)NF)c3)co2)cc1. The van der Waals surface area contributed by atoms with Gasteiger partial charge in [0.05, 0.1) is 0 Å². The maximum Gasteiger partial charge on any atom is 0.279 e. The number of benzene rings is 2. The molecule has 24 heavy (non-hydrogen) atoms. The lowest BCUT2D eigenvalue weighted by atomic mass is 10.1. The molecule has 1 aromatic heterocycles. The van der Waals surface area contributed by atoms with E-state index in [9.17, 15) is 9.28 Å². The summed E-state index contributed by atoms with van der Waals surface area (Å²) in [5.74, 6) is 0.138. The number of oxazole rings is 1. The summed E-state index contributed by atoms with van der Waals surface area (Å²) in [4.78, 5) is 15.6. The lowest BCUT2D eigenvalue weighted by Crippen LogP contribution is -2.13. The van der Waals surface area contributed by atoms with Crippen LogP contribution in [0.2, 0.25) is 0 Å². The predicted molar refractivity (Wildman–Crippen MR) is 86.0 cm³/mol. The van der Waals surface area contributed by atoms with Crippen molar-refractivity contribution < 1.29 is 18.4 Å². The van der Waals surface area contributed by atoms with E-state index in [1.807, 2.05) is 31.2 Å². The molecule has 0 bridgehead atoms. The molecule has 3 aromatic rings. The van der Waals surface area contributed by atoms with E-state index in [4.69, 9.17) is 9.15 Å². The van der Waals surface area contributed by atoms with Crippen LogP contribution in [0.25, 0.3) is 11.5 Å². The van der Waals surface area contributed by atoms with Crippen LogP contribution in [0.1, 0.15) is 21.6 Å². The third-order valence-corrected chi connectivity index (χ3v) is 3.42. The highest BCUT2D eigenvalue weighted by molar-refractivity contribution is 5.93. The molecule has 1 N–H and O–H groups in total. The first-order valence-electron chi connectivity index (χ1n) is 7.31. The van der Waals surface area contributed by atoms with E-state index in [-0.39, 0.29) is 12.2 Å². The van der Waals surface area contributed by atoms with Crippen molar-refractivity contribution in [2.24, 2.45) is 0 Å². The van der Waals surface area contributed by atoms with Crippen LogP contribution in [0.4, 0.5) is 4.48 Å². The third-order valence-electron chi connectivity index (χ3n) is 3.42. The molecule has 1 heterocycles.